The van der Waals surface area contributed by atoms with E-state index in [-0.39, 0.29) is 5.75 Å². The monoisotopic (exact) mass is 344 g/mol. The standard InChI is InChI=1S/C22H21N3O/c1-3-24(4-2)17-10-12-19-21(14-17)25(16-8-6-5-7-9-16)22-15-18(26)11-13-20(22)23-19/h5-15H,3-4H2,1-2H3/p+1. The SMILES string of the molecule is CCN(CC)c1ccc2nc3ccc(O)cc3[n+](-c3ccccc3)c2c1. The normalized spacial score (nSPS) is 11.2. The van der Waals surface area contributed by atoms with Crippen LogP contribution in [-0.4, -0.2) is 23.2 Å². The number of aromatic hydroxyl groups is 1. The molecule has 0 aliphatic heterocycles. The lowest BCUT2D eigenvalue weighted by atomic mass is 10.2. The largest absolute Gasteiger partial charge is 0.508 e. The van der Waals surface area contributed by atoms with Gasteiger partial charge in [0.25, 0.3) is 0 Å². The zero-order valence-corrected chi connectivity index (χ0v) is 15.1. The van der Waals surface area contributed by atoms with E-state index >= 15 is 0 Å². The molecule has 0 radical (unpaired) electrons. The Bertz CT molecular complexity index is 1070. The summed E-state index contributed by atoms with van der Waals surface area (Å²) < 4.78 is 2.17. The number of rotatable bonds is 4. The Balaban J connectivity index is 2.11. The first-order valence-electron chi connectivity index (χ1n) is 9.00. The number of fused-ring (bicyclic) bond motifs is 2. The maximum Gasteiger partial charge on any atom is 0.241 e. The summed E-state index contributed by atoms with van der Waals surface area (Å²) in [6.07, 6.45) is 0. The summed E-state index contributed by atoms with van der Waals surface area (Å²) in [7, 11) is 0. The van der Waals surface area contributed by atoms with Crippen LogP contribution in [0.2, 0.25) is 0 Å². The van der Waals surface area contributed by atoms with Crippen LogP contribution < -0.4 is 9.47 Å². The smallest absolute Gasteiger partial charge is 0.241 e. The average molecular weight is 344 g/mol. The van der Waals surface area contributed by atoms with Gasteiger partial charge in [-0.15, -0.1) is 4.57 Å². The van der Waals surface area contributed by atoms with Crippen LogP contribution in [-0.2, 0) is 0 Å². The summed E-state index contributed by atoms with van der Waals surface area (Å²) in [5, 5.41) is 10.0. The van der Waals surface area contributed by atoms with Gasteiger partial charge in [-0.05, 0) is 38.1 Å². The predicted octanol–water partition coefficient (Wildman–Crippen LogP) is 4.22. The molecule has 0 spiro atoms. The van der Waals surface area contributed by atoms with Gasteiger partial charge in [-0.25, -0.2) is 4.98 Å². The van der Waals surface area contributed by atoms with E-state index in [1.807, 2.05) is 24.3 Å². The minimum Gasteiger partial charge on any atom is -0.508 e. The number of benzene rings is 3. The summed E-state index contributed by atoms with van der Waals surface area (Å²) >= 11 is 0. The summed E-state index contributed by atoms with van der Waals surface area (Å²) in [6, 6.07) is 21.9. The van der Waals surface area contributed by atoms with Gasteiger partial charge in [0.1, 0.15) is 16.8 Å². The van der Waals surface area contributed by atoms with Crippen LogP contribution in [0.25, 0.3) is 27.8 Å². The van der Waals surface area contributed by atoms with E-state index in [0.717, 1.165) is 40.8 Å². The first-order chi connectivity index (χ1) is 12.7. The van der Waals surface area contributed by atoms with E-state index < -0.39 is 0 Å². The van der Waals surface area contributed by atoms with Crippen molar-refractivity contribution in [2.75, 3.05) is 18.0 Å². The molecule has 0 unspecified atom stereocenters. The van der Waals surface area contributed by atoms with E-state index in [9.17, 15) is 5.11 Å². The van der Waals surface area contributed by atoms with E-state index in [0.29, 0.717) is 0 Å². The van der Waals surface area contributed by atoms with Crippen molar-refractivity contribution in [3.63, 3.8) is 0 Å². The van der Waals surface area contributed by atoms with Crippen LogP contribution >= 0.6 is 0 Å². The summed E-state index contributed by atoms with van der Waals surface area (Å²) in [5.74, 6) is 0.239. The molecule has 1 aromatic heterocycles. The quantitative estimate of drug-likeness (QED) is 0.445. The van der Waals surface area contributed by atoms with E-state index in [1.54, 1.807) is 12.1 Å². The fraction of sp³-hybridized carbons (Fsp3) is 0.182. The number of para-hydroxylation sites is 1. The number of hydrogen-bond donors (Lipinski definition) is 1. The highest BCUT2D eigenvalue weighted by Gasteiger charge is 2.20. The average Bonchev–Trinajstić information content (AvgIpc) is 2.68. The van der Waals surface area contributed by atoms with Crippen molar-refractivity contribution in [2.45, 2.75) is 13.8 Å². The molecule has 4 aromatic rings. The second-order valence-electron chi connectivity index (χ2n) is 6.30. The van der Waals surface area contributed by atoms with Crippen molar-refractivity contribution < 1.29 is 9.67 Å². The van der Waals surface area contributed by atoms with Gasteiger partial charge in [0.15, 0.2) is 0 Å². The van der Waals surface area contributed by atoms with Crippen LogP contribution in [0.4, 0.5) is 5.69 Å². The Kier molecular flexibility index (Phi) is 4.17. The minimum absolute atomic E-state index is 0.239. The van der Waals surface area contributed by atoms with Crippen LogP contribution in [0, 0.1) is 0 Å². The predicted molar refractivity (Wildman–Crippen MR) is 106 cm³/mol. The second kappa shape index (κ2) is 6.64. The van der Waals surface area contributed by atoms with Crippen molar-refractivity contribution in [3.05, 3.63) is 66.7 Å². The molecule has 0 saturated carbocycles. The molecule has 0 atom stereocenters. The Morgan fingerprint density at radius 2 is 1.50 bits per heavy atom. The molecule has 0 saturated heterocycles. The van der Waals surface area contributed by atoms with E-state index in [1.165, 1.54) is 5.69 Å². The molecule has 4 rings (SSSR count). The molecule has 0 aliphatic rings. The van der Waals surface area contributed by atoms with Gasteiger partial charge in [0, 0.05) is 37.0 Å². The second-order valence-corrected chi connectivity index (χ2v) is 6.30. The van der Waals surface area contributed by atoms with Crippen molar-refractivity contribution >= 4 is 27.8 Å². The highest BCUT2D eigenvalue weighted by molar-refractivity contribution is 5.85. The molecule has 4 nitrogen and oxygen atoms in total. The van der Waals surface area contributed by atoms with Crippen LogP contribution in [0.3, 0.4) is 0 Å². The van der Waals surface area contributed by atoms with Crippen molar-refractivity contribution in [1.29, 1.82) is 0 Å². The van der Waals surface area contributed by atoms with Gasteiger partial charge in [0.05, 0.1) is 6.07 Å². The van der Waals surface area contributed by atoms with Gasteiger partial charge in [-0.1, -0.05) is 18.2 Å². The third-order valence-corrected chi connectivity index (χ3v) is 4.78. The zero-order valence-electron chi connectivity index (χ0n) is 15.1. The fourth-order valence-electron chi connectivity index (χ4n) is 3.47. The number of nitrogens with zero attached hydrogens (tertiary/aromatic N) is 3. The van der Waals surface area contributed by atoms with Gasteiger partial charge in [0.2, 0.25) is 16.7 Å². The van der Waals surface area contributed by atoms with E-state index in [4.69, 9.17) is 4.98 Å². The summed E-state index contributed by atoms with van der Waals surface area (Å²) in [6.45, 7) is 6.23. The molecular formula is C22H22N3O+. The van der Waals surface area contributed by atoms with Gasteiger partial charge < -0.3 is 10.0 Å². The number of phenols is 1. The first-order valence-corrected chi connectivity index (χ1v) is 9.00. The van der Waals surface area contributed by atoms with Crippen molar-refractivity contribution in [1.82, 2.24) is 4.98 Å². The van der Waals surface area contributed by atoms with Crippen molar-refractivity contribution in [2.24, 2.45) is 0 Å². The first kappa shape index (κ1) is 16.3. The number of hydrogen-bond acceptors (Lipinski definition) is 3. The number of anilines is 1. The zero-order chi connectivity index (χ0) is 18.1. The molecule has 26 heavy (non-hydrogen) atoms. The Hall–Kier alpha value is -3.14. The molecule has 1 N–H and O–H groups in total. The third kappa shape index (κ3) is 2.73. The molecule has 3 aromatic carbocycles. The molecule has 0 fully saturated rings. The number of phenolic OH excluding ortho intramolecular Hbond substituents is 1. The van der Waals surface area contributed by atoms with Crippen LogP contribution in [0.15, 0.2) is 66.7 Å². The van der Waals surface area contributed by atoms with Crippen molar-refractivity contribution in [3.8, 4) is 11.4 Å². The molecule has 0 aliphatic carbocycles. The summed E-state index contributed by atoms with van der Waals surface area (Å²) in [4.78, 5) is 7.13. The lowest BCUT2D eigenvalue weighted by Crippen LogP contribution is -2.33. The fourth-order valence-corrected chi connectivity index (χ4v) is 3.47. The Morgan fingerprint density at radius 3 is 2.19 bits per heavy atom. The molecular weight excluding hydrogens is 322 g/mol. The van der Waals surface area contributed by atoms with Crippen LogP contribution in [0.5, 0.6) is 5.75 Å². The maximum atomic E-state index is 10.0. The molecule has 0 amide bonds. The highest BCUT2D eigenvalue weighted by atomic mass is 16.3. The number of aromatic nitrogens is 2. The van der Waals surface area contributed by atoms with Crippen LogP contribution in [0.1, 0.15) is 13.8 Å². The lowest BCUT2D eigenvalue weighted by Gasteiger charge is -2.20. The van der Waals surface area contributed by atoms with Gasteiger partial charge >= 0.3 is 0 Å². The topological polar surface area (TPSA) is 40.2 Å². The Labute approximate surface area is 153 Å². The maximum absolute atomic E-state index is 10.0. The molecule has 4 heteroatoms. The Morgan fingerprint density at radius 1 is 0.846 bits per heavy atom. The third-order valence-electron chi connectivity index (χ3n) is 4.78. The highest BCUT2D eigenvalue weighted by Crippen LogP contribution is 2.24. The minimum atomic E-state index is 0.239. The van der Waals surface area contributed by atoms with Gasteiger partial charge in [-0.2, -0.15) is 0 Å². The molecule has 130 valence electrons. The van der Waals surface area contributed by atoms with E-state index in [2.05, 4.69) is 53.6 Å². The molecule has 0 bridgehead atoms. The summed E-state index contributed by atoms with van der Waals surface area (Å²) in [5.41, 5.74) is 5.93. The molecule has 1 heterocycles. The lowest BCUT2D eigenvalue weighted by molar-refractivity contribution is -0.538. The van der Waals surface area contributed by atoms with Gasteiger partial charge in [-0.3, -0.25) is 0 Å².